The average molecular weight is 214 g/mol. The summed E-state index contributed by atoms with van der Waals surface area (Å²) in [5, 5.41) is 3.19. The molecule has 0 spiro atoms. The highest BCUT2D eigenvalue weighted by molar-refractivity contribution is 6.31. The quantitative estimate of drug-likeness (QED) is 0.820. The summed E-state index contributed by atoms with van der Waals surface area (Å²) in [5.41, 5.74) is 1.70. The summed E-state index contributed by atoms with van der Waals surface area (Å²) in [5.74, 6) is 0. The standard InChI is InChI=1S/C10H12ClNO2/c1-3-7-4-5-8(6-9(7)11)12-10(13)14-2/h4-6H,3H2,1-2H3,(H,12,13). The maximum absolute atomic E-state index is 10.9. The highest BCUT2D eigenvalue weighted by atomic mass is 35.5. The molecule has 14 heavy (non-hydrogen) atoms. The predicted molar refractivity (Wildman–Crippen MR) is 56.9 cm³/mol. The first kappa shape index (κ1) is 10.9. The Morgan fingerprint density at radius 1 is 1.57 bits per heavy atom. The zero-order valence-electron chi connectivity index (χ0n) is 8.13. The maximum Gasteiger partial charge on any atom is 0.411 e. The van der Waals surface area contributed by atoms with Crippen LogP contribution in [0.1, 0.15) is 12.5 Å². The highest BCUT2D eigenvalue weighted by Gasteiger charge is 2.03. The van der Waals surface area contributed by atoms with Gasteiger partial charge in [0.2, 0.25) is 0 Å². The van der Waals surface area contributed by atoms with E-state index in [1.807, 2.05) is 13.0 Å². The Balaban J connectivity index is 2.81. The molecule has 0 radical (unpaired) electrons. The van der Waals surface area contributed by atoms with Crippen LogP contribution in [0, 0.1) is 0 Å². The molecule has 1 aromatic carbocycles. The normalized spacial score (nSPS) is 9.64. The fraction of sp³-hybridized carbons (Fsp3) is 0.300. The number of aryl methyl sites for hydroxylation is 1. The Bertz CT molecular complexity index is 339. The Morgan fingerprint density at radius 3 is 2.79 bits per heavy atom. The molecular weight excluding hydrogens is 202 g/mol. The first-order chi connectivity index (χ1) is 6.67. The van der Waals surface area contributed by atoms with E-state index in [4.69, 9.17) is 11.6 Å². The van der Waals surface area contributed by atoms with Crippen molar-refractivity contribution in [3.63, 3.8) is 0 Å². The number of halogens is 1. The predicted octanol–water partition coefficient (Wildman–Crippen LogP) is 3.08. The minimum atomic E-state index is -0.495. The molecule has 1 amide bonds. The fourth-order valence-corrected chi connectivity index (χ4v) is 1.39. The molecule has 0 saturated carbocycles. The van der Waals surface area contributed by atoms with Crippen LogP contribution in [-0.4, -0.2) is 13.2 Å². The third kappa shape index (κ3) is 2.64. The topological polar surface area (TPSA) is 38.3 Å². The average Bonchev–Trinajstić information content (AvgIpc) is 2.18. The molecule has 0 bridgehead atoms. The Kier molecular flexibility index (Phi) is 3.77. The molecule has 3 nitrogen and oxygen atoms in total. The van der Waals surface area contributed by atoms with Gasteiger partial charge in [-0.15, -0.1) is 0 Å². The summed E-state index contributed by atoms with van der Waals surface area (Å²) in [6.45, 7) is 2.02. The zero-order chi connectivity index (χ0) is 10.6. The van der Waals surface area contributed by atoms with Crippen molar-refractivity contribution in [3.8, 4) is 0 Å². The first-order valence-corrected chi connectivity index (χ1v) is 4.68. The van der Waals surface area contributed by atoms with Crippen LogP contribution in [0.25, 0.3) is 0 Å². The van der Waals surface area contributed by atoms with Gasteiger partial charge >= 0.3 is 6.09 Å². The van der Waals surface area contributed by atoms with Crippen molar-refractivity contribution in [1.82, 2.24) is 0 Å². The lowest BCUT2D eigenvalue weighted by Gasteiger charge is -2.06. The van der Waals surface area contributed by atoms with Gasteiger partial charge in [0.1, 0.15) is 0 Å². The summed E-state index contributed by atoms with van der Waals surface area (Å²) in [7, 11) is 1.32. The van der Waals surface area contributed by atoms with E-state index in [0.717, 1.165) is 12.0 Å². The van der Waals surface area contributed by atoms with Gasteiger partial charge in [-0.3, -0.25) is 5.32 Å². The number of carbonyl (C=O) groups excluding carboxylic acids is 1. The minimum absolute atomic E-state index is 0.495. The van der Waals surface area contributed by atoms with Crippen molar-refractivity contribution in [2.24, 2.45) is 0 Å². The third-order valence-electron chi connectivity index (χ3n) is 1.87. The monoisotopic (exact) mass is 213 g/mol. The lowest BCUT2D eigenvalue weighted by molar-refractivity contribution is 0.187. The molecule has 0 atom stereocenters. The summed E-state index contributed by atoms with van der Waals surface area (Å²) in [6, 6.07) is 5.38. The van der Waals surface area contributed by atoms with Crippen LogP contribution >= 0.6 is 11.6 Å². The number of methoxy groups -OCH3 is 1. The van der Waals surface area contributed by atoms with Crippen LogP contribution < -0.4 is 5.32 Å². The number of ether oxygens (including phenoxy) is 1. The van der Waals surface area contributed by atoms with Gasteiger partial charge in [-0.1, -0.05) is 24.6 Å². The van der Waals surface area contributed by atoms with E-state index in [1.54, 1.807) is 12.1 Å². The van der Waals surface area contributed by atoms with Crippen LogP contribution in [0.3, 0.4) is 0 Å². The van der Waals surface area contributed by atoms with Crippen molar-refractivity contribution < 1.29 is 9.53 Å². The van der Waals surface area contributed by atoms with Crippen LogP contribution in [0.2, 0.25) is 5.02 Å². The lowest BCUT2D eigenvalue weighted by atomic mass is 10.1. The molecule has 0 aliphatic rings. The summed E-state index contributed by atoms with van der Waals surface area (Å²) < 4.78 is 4.46. The third-order valence-corrected chi connectivity index (χ3v) is 2.22. The van der Waals surface area contributed by atoms with Gasteiger partial charge in [-0.05, 0) is 24.1 Å². The van der Waals surface area contributed by atoms with E-state index in [0.29, 0.717) is 10.7 Å². The largest absolute Gasteiger partial charge is 0.453 e. The van der Waals surface area contributed by atoms with Crippen LogP contribution in [-0.2, 0) is 11.2 Å². The molecule has 0 aliphatic carbocycles. The molecule has 76 valence electrons. The smallest absolute Gasteiger partial charge is 0.411 e. The number of rotatable bonds is 2. The molecule has 0 aliphatic heterocycles. The van der Waals surface area contributed by atoms with Gasteiger partial charge in [0, 0.05) is 10.7 Å². The fourth-order valence-electron chi connectivity index (χ4n) is 1.08. The summed E-state index contributed by atoms with van der Waals surface area (Å²) in [6.07, 6.45) is 0.377. The number of hydrogen-bond donors (Lipinski definition) is 1. The summed E-state index contributed by atoms with van der Waals surface area (Å²) in [4.78, 5) is 10.9. The molecule has 4 heteroatoms. The molecule has 0 aromatic heterocycles. The van der Waals surface area contributed by atoms with Gasteiger partial charge < -0.3 is 4.74 Å². The van der Waals surface area contributed by atoms with E-state index < -0.39 is 6.09 Å². The Hall–Kier alpha value is -1.22. The van der Waals surface area contributed by atoms with Crippen molar-refractivity contribution in [3.05, 3.63) is 28.8 Å². The maximum atomic E-state index is 10.9. The number of nitrogens with one attached hydrogen (secondary N) is 1. The Labute approximate surface area is 88.0 Å². The molecule has 0 unspecified atom stereocenters. The second-order valence-electron chi connectivity index (χ2n) is 2.78. The van der Waals surface area contributed by atoms with E-state index in [2.05, 4.69) is 10.1 Å². The van der Waals surface area contributed by atoms with Gasteiger partial charge in [-0.2, -0.15) is 0 Å². The van der Waals surface area contributed by atoms with Crippen LogP contribution in [0.15, 0.2) is 18.2 Å². The minimum Gasteiger partial charge on any atom is -0.453 e. The number of carbonyl (C=O) groups is 1. The molecule has 1 aromatic rings. The second kappa shape index (κ2) is 4.86. The lowest BCUT2D eigenvalue weighted by Crippen LogP contribution is -2.10. The number of anilines is 1. The van der Waals surface area contributed by atoms with Crippen molar-refractivity contribution >= 4 is 23.4 Å². The van der Waals surface area contributed by atoms with Crippen LogP contribution in [0.4, 0.5) is 10.5 Å². The van der Waals surface area contributed by atoms with E-state index >= 15 is 0 Å². The summed E-state index contributed by atoms with van der Waals surface area (Å²) >= 11 is 5.96. The molecular formula is C10H12ClNO2. The van der Waals surface area contributed by atoms with Gasteiger partial charge in [0.05, 0.1) is 7.11 Å². The van der Waals surface area contributed by atoms with E-state index in [9.17, 15) is 4.79 Å². The Morgan fingerprint density at radius 2 is 2.29 bits per heavy atom. The molecule has 0 saturated heterocycles. The number of hydrogen-bond acceptors (Lipinski definition) is 2. The van der Waals surface area contributed by atoms with Gasteiger partial charge in [0.25, 0.3) is 0 Å². The van der Waals surface area contributed by atoms with Gasteiger partial charge in [-0.25, -0.2) is 4.79 Å². The highest BCUT2D eigenvalue weighted by Crippen LogP contribution is 2.21. The van der Waals surface area contributed by atoms with E-state index in [-0.39, 0.29) is 0 Å². The molecule has 0 heterocycles. The second-order valence-corrected chi connectivity index (χ2v) is 3.18. The number of amides is 1. The van der Waals surface area contributed by atoms with Crippen LogP contribution in [0.5, 0.6) is 0 Å². The van der Waals surface area contributed by atoms with Crippen molar-refractivity contribution in [1.29, 1.82) is 0 Å². The molecule has 1 rings (SSSR count). The number of benzene rings is 1. The van der Waals surface area contributed by atoms with E-state index in [1.165, 1.54) is 7.11 Å². The zero-order valence-corrected chi connectivity index (χ0v) is 8.89. The van der Waals surface area contributed by atoms with Crippen molar-refractivity contribution in [2.45, 2.75) is 13.3 Å². The molecule has 1 N–H and O–H groups in total. The first-order valence-electron chi connectivity index (χ1n) is 4.30. The SMILES string of the molecule is CCc1ccc(NC(=O)OC)cc1Cl. The van der Waals surface area contributed by atoms with Gasteiger partial charge in [0.15, 0.2) is 0 Å². The molecule has 0 fully saturated rings. The van der Waals surface area contributed by atoms with Crippen molar-refractivity contribution in [2.75, 3.05) is 12.4 Å².